The fraction of sp³-hybridized carbons (Fsp3) is 0.529. The molecule has 4 rings (SSSR count). The summed E-state index contributed by atoms with van der Waals surface area (Å²) in [6.45, 7) is 4.58. The number of nitrogens with zero attached hydrogens (tertiary/aromatic N) is 2. The number of hydrogen-bond acceptors (Lipinski definition) is 6. The zero-order valence-corrected chi connectivity index (χ0v) is 26.3. The number of amides is 3. The van der Waals surface area contributed by atoms with Crippen LogP contribution in [0.2, 0.25) is 0 Å². The maximum atomic E-state index is 14.2. The summed E-state index contributed by atoms with van der Waals surface area (Å²) < 4.78 is 0. The molecule has 2 aromatic carbocycles. The Hall–Kier alpha value is -3.17. The first-order valence-corrected chi connectivity index (χ1v) is 16.6. The predicted molar refractivity (Wildman–Crippen MR) is 172 cm³/mol. The molecule has 8 nitrogen and oxygen atoms in total. The van der Waals surface area contributed by atoms with Crippen molar-refractivity contribution < 1.29 is 19.2 Å². The van der Waals surface area contributed by atoms with E-state index in [2.05, 4.69) is 27.7 Å². The molecular formula is C34H46N4O4S. The number of likely N-dealkylation sites (tertiary alicyclic amines) is 2. The van der Waals surface area contributed by atoms with E-state index in [9.17, 15) is 19.2 Å². The normalized spacial score (nSPS) is 21.0. The highest BCUT2D eigenvalue weighted by atomic mass is 32.2. The number of carbonyl (C=O) groups excluding carboxylic acids is 4. The largest absolute Gasteiger partial charge is 0.357 e. The number of benzene rings is 2. The monoisotopic (exact) mass is 606 g/mol. The van der Waals surface area contributed by atoms with Gasteiger partial charge in [0.2, 0.25) is 22.8 Å². The summed E-state index contributed by atoms with van der Waals surface area (Å²) in [6, 6.07) is 18.2. The van der Waals surface area contributed by atoms with Crippen LogP contribution in [0.3, 0.4) is 0 Å². The second-order valence-electron chi connectivity index (χ2n) is 11.6. The first kappa shape index (κ1) is 32.7. The Labute approximate surface area is 260 Å². The lowest BCUT2D eigenvalue weighted by Gasteiger charge is -2.32. The van der Waals surface area contributed by atoms with Crippen molar-refractivity contribution in [2.45, 2.75) is 81.5 Å². The Balaban J connectivity index is 1.55. The third-order valence-corrected chi connectivity index (χ3v) is 9.65. The molecule has 4 unspecified atom stereocenters. The van der Waals surface area contributed by atoms with Gasteiger partial charge < -0.3 is 15.5 Å². The van der Waals surface area contributed by atoms with Crippen molar-refractivity contribution in [3.8, 4) is 0 Å². The summed E-state index contributed by atoms with van der Waals surface area (Å²) in [5.74, 6) is -0.745. The summed E-state index contributed by atoms with van der Waals surface area (Å²) in [4.78, 5) is 58.0. The Bertz CT molecular complexity index is 1210. The van der Waals surface area contributed by atoms with Crippen LogP contribution in [0.4, 0.5) is 0 Å². The molecule has 0 aliphatic carbocycles. The van der Waals surface area contributed by atoms with Crippen LogP contribution in [0, 0.1) is 0 Å². The van der Waals surface area contributed by atoms with Gasteiger partial charge in [0.1, 0.15) is 12.1 Å². The average molecular weight is 607 g/mol. The van der Waals surface area contributed by atoms with Crippen LogP contribution < -0.4 is 10.6 Å². The topological polar surface area (TPSA) is 98.8 Å². The smallest absolute Gasteiger partial charge is 0.245 e. The summed E-state index contributed by atoms with van der Waals surface area (Å²) in [6.07, 6.45) is 6.17. The predicted octanol–water partition coefficient (Wildman–Crippen LogP) is 4.15. The number of hydrogen-bond donors (Lipinski definition) is 2. The molecule has 2 saturated heterocycles. The highest BCUT2D eigenvalue weighted by Gasteiger charge is 2.39. The van der Waals surface area contributed by atoms with Gasteiger partial charge in [0, 0.05) is 20.0 Å². The van der Waals surface area contributed by atoms with E-state index in [4.69, 9.17) is 0 Å². The highest BCUT2D eigenvalue weighted by molar-refractivity contribution is 8.14. The van der Waals surface area contributed by atoms with E-state index >= 15 is 0 Å². The van der Waals surface area contributed by atoms with Crippen LogP contribution in [0.15, 0.2) is 60.7 Å². The van der Waals surface area contributed by atoms with Crippen molar-refractivity contribution >= 4 is 34.6 Å². The Morgan fingerprint density at radius 2 is 1.60 bits per heavy atom. The van der Waals surface area contributed by atoms with E-state index < -0.39 is 17.3 Å². The first-order chi connectivity index (χ1) is 20.9. The van der Waals surface area contributed by atoms with Crippen molar-refractivity contribution in [2.24, 2.45) is 0 Å². The molecule has 0 spiro atoms. The molecule has 2 N–H and O–H groups in total. The van der Waals surface area contributed by atoms with Crippen molar-refractivity contribution in [1.29, 1.82) is 0 Å². The molecule has 232 valence electrons. The lowest BCUT2D eigenvalue weighted by Crippen LogP contribution is -2.56. The molecule has 43 heavy (non-hydrogen) atoms. The molecule has 2 aromatic rings. The Morgan fingerprint density at radius 1 is 0.930 bits per heavy atom. The lowest BCUT2D eigenvalue weighted by atomic mass is 9.90. The van der Waals surface area contributed by atoms with Gasteiger partial charge in [0.25, 0.3) is 0 Å². The van der Waals surface area contributed by atoms with Gasteiger partial charge in [0.15, 0.2) is 0 Å². The van der Waals surface area contributed by atoms with Gasteiger partial charge in [-0.1, -0.05) is 92.2 Å². The van der Waals surface area contributed by atoms with E-state index in [-0.39, 0.29) is 28.8 Å². The molecule has 0 radical (unpaired) electrons. The molecule has 0 bridgehead atoms. The number of piperidine rings is 1. The van der Waals surface area contributed by atoms with E-state index in [1.54, 1.807) is 11.9 Å². The second-order valence-corrected chi connectivity index (χ2v) is 12.9. The van der Waals surface area contributed by atoms with Gasteiger partial charge >= 0.3 is 0 Å². The highest BCUT2D eigenvalue weighted by Crippen LogP contribution is 2.31. The van der Waals surface area contributed by atoms with Crippen LogP contribution in [-0.2, 0) is 25.6 Å². The SMILES string of the molecule is CCCC(SC(=O)CN1CCCCC1)C(=O)NC1CC(c2ccccc2)CCN(C(Cc2ccccc2)C(=O)NC)C1=O. The summed E-state index contributed by atoms with van der Waals surface area (Å²) in [5, 5.41) is 5.23. The number of thioether (sulfide) groups is 1. The van der Waals surface area contributed by atoms with Crippen molar-refractivity contribution in [3.63, 3.8) is 0 Å². The fourth-order valence-corrected chi connectivity index (χ4v) is 7.28. The van der Waals surface area contributed by atoms with Crippen LogP contribution in [-0.4, -0.2) is 83.2 Å². The van der Waals surface area contributed by atoms with Gasteiger partial charge in [-0.05, 0) is 62.2 Å². The van der Waals surface area contributed by atoms with E-state index in [0.717, 1.165) is 55.2 Å². The van der Waals surface area contributed by atoms with Crippen LogP contribution >= 0.6 is 11.8 Å². The molecule has 2 heterocycles. The average Bonchev–Trinajstić information content (AvgIpc) is 3.19. The van der Waals surface area contributed by atoms with Crippen molar-refractivity contribution in [3.05, 3.63) is 71.8 Å². The third kappa shape index (κ3) is 9.41. The molecule has 2 aliphatic heterocycles. The van der Waals surface area contributed by atoms with Gasteiger partial charge in [-0.15, -0.1) is 0 Å². The fourth-order valence-electron chi connectivity index (χ4n) is 6.18. The van der Waals surface area contributed by atoms with Crippen molar-refractivity contribution in [1.82, 2.24) is 20.4 Å². The van der Waals surface area contributed by atoms with Crippen molar-refractivity contribution in [2.75, 3.05) is 33.2 Å². The van der Waals surface area contributed by atoms with E-state index in [1.165, 1.54) is 6.42 Å². The number of likely N-dealkylation sites (N-methyl/N-ethyl adjacent to an activating group) is 1. The standard InChI is InChI=1S/C34H46N4O4S/c1-3-13-30(43-31(39)24-37-19-11-6-12-20-37)33(41)36-28-23-27(26-16-9-5-10-17-26)18-21-38(34(28)42)29(32(40)35-2)22-25-14-7-4-8-15-25/h4-5,7-10,14-17,27-30H,3,6,11-13,18-24H2,1-2H3,(H,35,40)(H,36,41). The minimum atomic E-state index is -0.805. The van der Waals surface area contributed by atoms with Crippen LogP contribution in [0.25, 0.3) is 0 Å². The van der Waals surface area contributed by atoms with Gasteiger partial charge in [-0.25, -0.2) is 0 Å². The lowest BCUT2D eigenvalue weighted by molar-refractivity contribution is -0.142. The maximum Gasteiger partial charge on any atom is 0.245 e. The van der Waals surface area contributed by atoms with Crippen LogP contribution in [0.1, 0.15) is 68.9 Å². The Morgan fingerprint density at radius 3 is 2.26 bits per heavy atom. The zero-order chi connectivity index (χ0) is 30.6. The third-order valence-electron chi connectivity index (χ3n) is 8.52. The second kappa shape index (κ2) is 16.6. The zero-order valence-electron chi connectivity index (χ0n) is 25.5. The molecule has 9 heteroatoms. The Kier molecular flexibility index (Phi) is 12.7. The number of rotatable bonds is 12. The van der Waals surface area contributed by atoms with E-state index in [0.29, 0.717) is 38.8 Å². The maximum absolute atomic E-state index is 14.2. The van der Waals surface area contributed by atoms with Gasteiger partial charge in [0.05, 0.1) is 11.8 Å². The molecular weight excluding hydrogens is 560 g/mol. The molecule has 0 saturated carbocycles. The summed E-state index contributed by atoms with van der Waals surface area (Å²) in [5.41, 5.74) is 2.06. The summed E-state index contributed by atoms with van der Waals surface area (Å²) in [7, 11) is 1.59. The minimum Gasteiger partial charge on any atom is -0.357 e. The molecule has 0 aromatic heterocycles. The van der Waals surface area contributed by atoms with E-state index in [1.807, 2.05) is 55.5 Å². The molecule has 3 amide bonds. The minimum absolute atomic E-state index is 0.00553. The number of carbonyl (C=O) groups is 4. The molecule has 2 aliphatic rings. The summed E-state index contributed by atoms with van der Waals surface area (Å²) >= 11 is 1.10. The molecule has 4 atom stereocenters. The van der Waals surface area contributed by atoms with Gasteiger partial charge in [-0.2, -0.15) is 0 Å². The quantitative estimate of drug-likeness (QED) is 0.377. The first-order valence-electron chi connectivity index (χ1n) is 15.7. The number of nitrogens with one attached hydrogen (secondary N) is 2. The molecule has 2 fully saturated rings. The van der Waals surface area contributed by atoms with Gasteiger partial charge in [-0.3, -0.25) is 24.1 Å². The van der Waals surface area contributed by atoms with Crippen LogP contribution in [0.5, 0.6) is 0 Å².